The van der Waals surface area contributed by atoms with Crippen LogP contribution in [0.15, 0.2) is 24.3 Å². The fourth-order valence-electron chi connectivity index (χ4n) is 1.39. The first-order valence-electron chi connectivity index (χ1n) is 5.65. The summed E-state index contributed by atoms with van der Waals surface area (Å²) in [5, 5.41) is 3.32. The first kappa shape index (κ1) is 11.8. The van der Waals surface area contributed by atoms with Gasteiger partial charge in [-0.25, -0.2) is 0 Å². The highest BCUT2D eigenvalue weighted by Gasteiger charge is 2.01. The maximum Gasteiger partial charge on any atom is 0.162 e. The zero-order valence-electron chi connectivity index (χ0n) is 9.55. The van der Waals surface area contributed by atoms with E-state index < -0.39 is 0 Å². The van der Waals surface area contributed by atoms with Gasteiger partial charge in [-0.1, -0.05) is 20.3 Å². The lowest BCUT2D eigenvalue weighted by atomic mass is 10.1. The fourth-order valence-corrected chi connectivity index (χ4v) is 1.39. The smallest absolute Gasteiger partial charge is 0.162 e. The van der Waals surface area contributed by atoms with Crippen molar-refractivity contribution in [1.82, 2.24) is 0 Å². The van der Waals surface area contributed by atoms with Crippen LogP contribution in [0.1, 0.15) is 43.5 Å². The Morgan fingerprint density at radius 3 is 2.40 bits per heavy atom. The molecule has 1 rings (SSSR count). The van der Waals surface area contributed by atoms with E-state index in [2.05, 4.69) is 12.2 Å². The third-order valence-corrected chi connectivity index (χ3v) is 2.39. The van der Waals surface area contributed by atoms with Gasteiger partial charge in [-0.3, -0.25) is 4.79 Å². The molecule has 15 heavy (non-hydrogen) atoms. The number of Topliss-reactive ketones (excluding diaryl/α,β-unsaturated/α-hetero) is 1. The van der Waals surface area contributed by atoms with Crippen LogP contribution in [-0.4, -0.2) is 12.3 Å². The van der Waals surface area contributed by atoms with E-state index in [9.17, 15) is 4.79 Å². The Balaban J connectivity index is 2.52. The predicted octanol–water partition coefficient (Wildman–Crippen LogP) is 3.49. The van der Waals surface area contributed by atoms with Gasteiger partial charge in [0.05, 0.1) is 0 Å². The van der Waals surface area contributed by atoms with Crippen LogP contribution in [0.3, 0.4) is 0 Å². The van der Waals surface area contributed by atoms with Gasteiger partial charge in [-0.2, -0.15) is 0 Å². The minimum atomic E-state index is 0.204. The Bertz CT molecular complexity index is 303. The van der Waals surface area contributed by atoms with Crippen LogP contribution < -0.4 is 5.32 Å². The molecule has 1 aromatic carbocycles. The Hall–Kier alpha value is -1.31. The number of carbonyl (C=O) groups is 1. The van der Waals surface area contributed by atoms with E-state index >= 15 is 0 Å². The molecule has 0 aromatic heterocycles. The molecule has 0 aliphatic carbocycles. The second-order valence-corrected chi connectivity index (χ2v) is 3.63. The van der Waals surface area contributed by atoms with E-state index in [1.807, 2.05) is 31.2 Å². The number of rotatable bonds is 6. The van der Waals surface area contributed by atoms with Crippen LogP contribution >= 0.6 is 0 Å². The van der Waals surface area contributed by atoms with Gasteiger partial charge in [0.25, 0.3) is 0 Å². The van der Waals surface area contributed by atoms with Gasteiger partial charge in [-0.15, -0.1) is 0 Å². The van der Waals surface area contributed by atoms with Crippen molar-refractivity contribution in [3.63, 3.8) is 0 Å². The second-order valence-electron chi connectivity index (χ2n) is 3.63. The summed E-state index contributed by atoms with van der Waals surface area (Å²) in [6, 6.07) is 7.72. The molecule has 0 amide bonds. The van der Waals surface area contributed by atoms with Crippen molar-refractivity contribution in [2.24, 2.45) is 0 Å². The molecule has 0 saturated carbocycles. The molecule has 2 nitrogen and oxygen atoms in total. The number of carbonyl (C=O) groups excluding carboxylic acids is 1. The lowest BCUT2D eigenvalue weighted by molar-refractivity contribution is 0.0988. The molecule has 0 spiro atoms. The third kappa shape index (κ3) is 3.74. The van der Waals surface area contributed by atoms with Crippen molar-refractivity contribution < 1.29 is 4.79 Å². The summed E-state index contributed by atoms with van der Waals surface area (Å²) in [5.41, 5.74) is 1.90. The zero-order chi connectivity index (χ0) is 11.1. The van der Waals surface area contributed by atoms with Gasteiger partial charge in [0.15, 0.2) is 5.78 Å². The van der Waals surface area contributed by atoms with E-state index in [4.69, 9.17) is 0 Å². The molecular weight excluding hydrogens is 186 g/mol. The first-order valence-corrected chi connectivity index (χ1v) is 5.65. The average Bonchev–Trinajstić information content (AvgIpc) is 2.29. The summed E-state index contributed by atoms with van der Waals surface area (Å²) in [6.07, 6.45) is 2.94. The second kappa shape index (κ2) is 6.23. The van der Waals surface area contributed by atoms with E-state index in [1.165, 1.54) is 12.8 Å². The Kier molecular flexibility index (Phi) is 4.88. The van der Waals surface area contributed by atoms with Crippen molar-refractivity contribution in [1.29, 1.82) is 0 Å². The normalized spacial score (nSPS) is 10.0. The lowest BCUT2D eigenvalue weighted by Crippen LogP contribution is -2.01. The van der Waals surface area contributed by atoms with Crippen molar-refractivity contribution in [3.05, 3.63) is 29.8 Å². The lowest BCUT2D eigenvalue weighted by Gasteiger charge is -2.05. The highest BCUT2D eigenvalue weighted by molar-refractivity contribution is 5.96. The number of benzene rings is 1. The van der Waals surface area contributed by atoms with E-state index in [0.29, 0.717) is 6.42 Å². The molecule has 0 aliphatic heterocycles. The van der Waals surface area contributed by atoms with Crippen LogP contribution in [0.25, 0.3) is 0 Å². The highest BCUT2D eigenvalue weighted by Crippen LogP contribution is 2.11. The summed E-state index contributed by atoms with van der Waals surface area (Å²) in [5.74, 6) is 0.204. The first-order chi connectivity index (χ1) is 7.27. The molecule has 0 heterocycles. The summed E-state index contributed by atoms with van der Waals surface area (Å²) in [6.45, 7) is 5.05. The summed E-state index contributed by atoms with van der Waals surface area (Å²) >= 11 is 0. The number of ketones is 1. The van der Waals surface area contributed by atoms with Gasteiger partial charge in [0.2, 0.25) is 0 Å². The van der Waals surface area contributed by atoms with Crippen LogP contribution in [0.2, 0.25) is 0 Å². The molecule has 1 N–H and O–H groups in total. The van der Waals surface area contributed by atoms with Gasteiger partial charge in [0.1, 0.15) is 0 Å². The molecule has 2 heteroatoms. The Morgan fingerprint density at radius 2 is 1.87 bits per heavy atom. The number of hydrogen-bond donors (Lipinski definition) is 1. The molecule has 0 atom stereocenters. The van der Waals surface area contributed by atoms with Crippen molar-refractivity contribution in [2.75, 3.05) is 11.9 Å². The van der Waals surface area contributed by atoms with Gasteiger partial charge >= 0.3 is 0 Å². The average molecular weight is 205 g/mol. The summed E-state index contributed by atoms with van der Waals surface area (Å²) in [4.78, 5) is 11.4. The van der Waals surface area contributed by atoms with Gasteiger partial charge in [0, 0.05) is 24.2 Å². The maximum absolute atomic E-state index is 11.4. The number of nitrogens with one attached hydrogen (secondary N) is 1. The molecule has 0 fully saturated rings. The van der Waals surface area contributed by atoms with Crippen LogP contribution in [0, 0.1) is 0 Å². The Morgan fingerprint density at radius 1 is 1.20 bits per heavy atom. The predicted molar refractivity (Wildman–Crippen MR) is 64.5 cm³/mol. The standard InChI is InChI=1S/C13H19NO/c1-3-5-10-14-12-8-6-11(7-9-12)13(15)4-2/h6-9,14H,3-5,10H2,1-2H3. The highest BCUT2D eigenvalue weighted by atomic mass is 16.1. The molecule has 82 valence electrons. The minimum Gasteiger partial charge on any atom is -0.385 e. The van der Waals surface area contributed by atoms with Crippen LogP contribution in [0.4, 0.5) is 5.69 Å². The molecule has 0 unspecified atom stereocenters. The zero-order valence-corrected chi connectivity index (χ0v) is 9.55. The van der Waals surface area contributed by atoms with Gasteiger partial charge < -0.3 is 5.32 Å². The third-order valence-electron chi connectivity index (χ3n) is 2.39. The summed E-state index contributed by atoms with van der Waals surface area (Å²) < 4.78 is 0. The summed E-state index contributed by atoms with van der Waals surface area (Å²) in [7, 11) is 0. The quantitative estimate of drug-likeness (QED) is 0.569. The molecule has 0 radical (unpaired) electrons. The molecule has 0 saturated heterocycles. The topological polar surface area (TPSA) is 29.1 Å². The largest absolute Gasteiger partial charge is 0.385 e. The van der Waals surface area contributed by atoms with E-state index in [0.717, 1.165) is 17.8 Å². The SMILES string of the molecule is CCCCNc1ccc(C(=O)CC)cc1. The molecule has 0 aliphatic rings. The van der Waals surface area contributed by atoms with Crippen molar-refractivity contribution >= 4 is 11.5 Å². The van der Waals surface area contributed by atoms with Crippen LogP contribution in [0.5, 0.6) is 0 Å². The fraction of sp³-hybridized carbons (Fsp3) is 0.462. The maximum atomic E-state index is 11.4. The number of anilines is 1. The molecular formula is C13H19NO. The minimum absolute atomic E-state index is 0.204. The monoisotopic (exact) mass is 205 g/mol. The van der Waals surface area contributed by atoms with E-state index in [-0.39, 0.29) is 5.78 Å². The van der Waals surface area contributed by atoms with Crippen LogP contribution in [-0.2, 0) is 0 Å². The molecule has 0 bridgehead atoms. The Labute approximate surface area is 91.7 Å². The van der Waals surface area contributed by atoms with Gasteiger partial charge in [-0.05, 0) is 30.7 Å². The van der Waals surface area contributed by atoms with Crippen molar-refractivity contribution in [3.8, 4) is 0 Å². The number of hydrogen-bond acceptors (Lipinski definition) is 2. The molecule has 1 aromatic rings. The number of unbranched alkanes of at least 4 members (excludes halogenated alkanes) is 1. The van der Waals surface area contributed by atoms with Crippen molar-refractivity contribution in [2.45, 2.75) is 33.1 Å². The van der Waals surface area contributed by atoms with E-state index in [1.54, 1.807) is 0 Å².